The Labute approximate surface area is 201 Å². The van der Waals surface area contributed by atoms with Gasteiger partial charge < -0.3 is 19.7 Å². The monoisotopic (exact) mass is 478 g/mol. The molecule has 8 nitrogen and oxygen atoms in total. The van der Waals surface area contributed by atoms with Gasteiger partial charge in [0.05, 0.1) is 6.61 Å². The van der Waals surface area contributed by atoms with Crippen molar-refractivity contribution in [2.24, 2.45) is 23.7 Å². The Morgan fingerprint density at radius 3 is 1.76 bits per heavy atom. The second-order valence-electron chi connectivity index (χ2n) is 9.19. The molecule has 0 aromatic heterocycles. The fourth-order valence-electron chi connectivity index (χ4n) is 5.50. The van der Waals surface area contributed by atoms with Crippen LogP contribution in [0, 0.1) is 23.7 Å². The molecule has 4 bridgehead atoms. The lowest BCUT2D eigenvalue weighted by molar-refractivity contribution is -0.206. The van der Waals surface area contributed by atoms with E-state index in [1.165, 1.54) is 45.1 Å². The van der Waals surface area contributed by atoms with Crippen molar-refractivity contribution in [3.63, 3.8) is 0 Å². The molecule has 0 aromatic rings. The van der Waals surface area contributed by atoms with Gasteiger partial charge in [-0.2, -0.15) is 0 Å². The van der Waals surface area contributed by atoms with Crippen LogP contribution in [-0.4, -0.2) is 46.3 Å². The number of esters is 2. The van der Waals surface area contributed by atoms with Gasteiger partial charge in [-0.1, -0.05) is 26.7 Å². The van der Waals surface area contributed by atoms with Crippen LogP contribution in [0.3, 0.4) is 0 Å². The van der Waals surface area contributed by atoms with Gasteiger partial charge in [-0.05, 0) is 75.5 Å². The highest BCUT2D eigenvalue weighted by molar-refractivity contribution is 5.84. The Kier molecular flexibility index (Phi) is 11.8. The number of rotatable bonds is 5. The van der Waals surface area contributed by atoms with E-state index in [2.05, 4.69) is 31.4 Å². The summed E-state index contributed by atoms with van der Waals surface area (Å²) in [5.41, 5.74) is 0.0219. The van der Waals surface area contributed by atoms with Gasteiger partial charge in [0, 0.05) is 24.1 Å². The molecule has 34 heavy (non-hydrogen) atoms. The van der Waals surface area contributed by atoms with Crippen LogP contribution in [-0.2, 0) is 28.7 Å². The highest BCUT2D eigenvalue weighted by atomic mass is 16.6. The molecule has 0 amide bonds. The van der Waals surface area contributed by atoms with Crippen molar-refractivity contribution in [2.75, 3.05) is 6.61 Å². The second-order valence-corrected chi connectivity index (χ2v) is 9.19. The van der Waals surface area contributed by atoms with Gasteiger partial charge in [0.15, 0.2) is 0 Å². The van der Waals surface area contributed by atoms with Gasteiger partial charge in [-0.3, -0.25) is 4.79 Å². The zero-order valence-corrected chi connectivity index (χ0v) is 20.3. The maximum atomic E-state index is 11.6. The van der Waals surface area contributed by atoms with Crippen molar-refractivity contribution in [1.82, 2.24) is 0 Å². The van der Waals surface area contributed by atoms with Crippen LogP contribution in [0.15, 0.2) is 37.5 Å². The molecule has 2 N–H and O–H groups in total. The van der Waals surface area contributed by atoms with Gasteiger partial charge in [-0.15, -0.1) is 0 Å². The molecule has 0 radical (unpaired) electrons. The molecule has 190 valence electrons. The molecule has 8 heteroatoms. The highest BCUT2D eigenvalue weighted by Gasteiger charge is 2.58. The number of hydrogen-bond acceptors (Lipinski definition) is 6. The summed E-state index contributed by atoms with van der Waals surface area (Å²) in [6.45, 7) is 13.9. The van der Waals surface area contributed by atoms with Gasteiger partial charge in [0.1, 0.15) is 5.60 Å². The van der Waals surface area contributed by atoms with Crippen LogP contribution in [0.1, 0.15) is 65.2 Å². The molecule has 5 rings (SSSR count). The number of carbonyl (C=O) groups excluding carboxylic acids is 2. The first-order chi connectivity index (χ1) is 16.0. The zero-order valence-electron chi connectivity index (χ0n) is 20.3. The van der Waals surface area contributed by atoms with Gasteiger partial charge in [0.25, 0.3) is 0 Å². The molecule has 1 saturated heterocycles. The van der Waals surface area contributed by atoms with Crippen molar-refractivity contribution in [2.45, 2.75) is 70.8 Å². The Morgan fingerprint density at radius 1 is 1.06 bits per heavy atom. The topological polar surface area (TPSA) is 127 Å². The first kappa shape index (κ1) is 29.1. The minimum atomic E-state index is -0.981. The molecular weight excluding hydrogens is 440 g/mol. The van der Waals surface area contributed by atoms with E-state index in [0.29, 0.717) is 24.9 Å². The summed E-state index contributed by atoms with van der Waals surface area (Å²) in [5.74, 6) is 0.883. The van der Waals surface area contributed by atoms with E-state index in [1.54, 1.807) is 0 Å². The maximum absolute atomic E-state index is 11.6. The van der Waals surface area contributed by atoms with Crippen LogP contribution >= 0.6 is 0 Å². The first-order valence-electron chi connectivity index (χ1n) is 11.7. The smallest absolute Gasteiger partial charge is 0.330 e. The van der Waals surface area contributed by atoms with Crippen molar-refractivity contribution in [3.05, 3.63) is 37.5 Å². The Balaban J connectivity index is 0.000000280. The van der Waals surface area contributed by atoms with Crippen LogP contribution in [0.4, 0.5) is 0 Å². The number of cyclic esters (lactones) is 1. The van der Waals surface area contributed by atoms with Crippen LogP contribution in [0.2, 0.25) is 0 Å². The third kappa shape index (κ3) is 8.47. The van der Waals surface area contributed by atoms with E-state index >= 15 is 0 Å². The summed E-state index contributed by atoms with van der Waals surface area (Å²) in [6, 6.07) is 0. The summed E-state index contributed by atoms with van der Waals surface area (Å²) in [5, 5.41) is 15.5. The Morgan fingerprint density at radius 2 is 1.53 bits per heavy atom. The molecular formula is C26H38O8. The van der Waals surface area contributed by atoms with Crippen molar-refractivity contribution < 1.29 is 38.9 Å². The first-order valence-corrected chi connectivity index (χ1v) is 11.7. The Bertz CT molecular complexity index is 734. The summed E-state index contributed by atoms with van der Waals surface area (Å²) in [7, 11) is 0. The van der Waals surface area contributed by atoms with Crippen LogP contribution in [0.5, 0.6) is 0 Å². The van der Waals surface area contributed by atoms with E-state index in [4.69, 9.17) is 14.9 Å². The SMILES string of the molecule is C=C(C)C(=O)O.C=CC(=O)O.C=CC(=O)OC1(CC)C2CC3CC(C2)CC1C3.O=C1CCCO1. The fraction of sp³-hybridized carbons (Fsp3) is 0.615. The van der Waals surface area contributed by atoms with Crippen molar-refractivity contribution >= 4 is 23.9 Å². The lowest BCUT2D eigenvalue weighted by atomic mass is 9.49. The minimum absolute atomic E-state index is 0.0463. The molecule has 4 saturated carbocycles. The van der Waals surface area contributed by atoms with Crippen molar-refractivity contribution in [1.29, 1.82) is 0 Å². The molecule has 0 aromatic carbocycles. The van der Waals surface area contributed by atoms with E-state index in [9.17, 15) is 19.2 Å². The number of aliphatic carboxylic acids is 2. The van der Waals surface area contributed by atoms with Gasteiger partial charge >= 0.3 is 23.9 Å². The molecule has 0 unspecified atom stereocenters. The largest absolute Gasteiger partial charge is 0.478 e. The summed E-state index contributed by atoms with van der Waals surface area (Å²) in [6.07, 6.45) is 11.2. The highest BCUT2D eigenvalue weighted by Crippen LogP contribution is 2.60. The molecule has 1 heterocycles. The molecule has 4 aliphatic carbocycles. The lowest BCUT2D eigenvalue weighted by Crippen LogP contribution is -2.59. The molecule has 0 atom stereocenters. The molecule has 1 aliphatic heterocycles. The number of ether oxygens (including phenoxy) is 2. The standard InChI is InChI=1S/C15H22O2.2C4H6O2.C3H4O2/c1-3-14(16)17-15(4-2)12-6-10-5-11(8-12)9-13(15)7-10;5-4-2-1-3-6-4;1-3(2)4(5)6;1-2-3(4)5/h3,10-13H,1,4-9H2,2H3;1-3H2;1H2,2H3,(H,5,6);2H,1H2,(H,4,5). The average molecular weight is 479 g/mol. The zero-order chi connectivity index (χ0) is 25.9. The number of carboxylic acids is 2. The maximum Gasteiger partial charge on any atom is 0.330 e. The minimum Gasteiger partial charge on any atom is -0.478 e. The van der Waals surface area contributed by atoms with E-state index in [1.807, 2.05) is 0 Å². The molecule has 5 fully saturated rings. The fourth-order valence-corrected chi connectivity index (χ4v) is 5.50. The third-order valence-corrected chi connectivity index (χ3v) is 6.86. The van der Waals surface area contributed by atoms with Crippen molar-refractivity contribution in [3.8, 4) is 0 Å². The van der Waals surface area contributed by atoms with E-state index < -0.39 is 11.9 Å². The number of hydrogen-bond donors (Lipinski definition) is 2. The second kappa shape index (κ2) is 13.7. The lowest BCUT2D eigenvalue weighted by Gasteiger charge is -2.60. The summed E-state index contributed by atoms with van der Waals surface area (Å²) < 4.78 is 10.4. The summed E-state index contributed by atoms with van der Waals surface area (Å²) >= 11 is 0. The van der Waals surface area contributed by atoms with Gasteiger partial charge in [-0.25, -0.2) is 14.4 Å². The number of carboxylic acid groups (broad SMARTS) is 2. The predicted octanol–water partition coefficient (Wildman–Crippen LogP) is 4.55. The van der Waals surface area contributed by atoms with Crippen LogP contribution in [0.25, 0.3) is 0 Å². The molecule has 5 aliphatic rings. The van der Waals surface area contributed by atoms with Gasteiger partial charge in [0.2, 0.25) is 0 Å². The Hall–Kier alpha value is -2.90. The normalized spacial score (nSPS) is 29.4. The van der Waals surface area contributed by atoms with E-state index in [0.717, 1.165) is 30.8 Å². The predicted molar refractivity (Wildman–Crippen MR) is 127 cm³/mol. The summed E-state index contributed by atoms with van der Waals surface area (Å²) in [4.78, 5) is 40.5. The average Bonchev–Trinajstić information content (AvgIpc) is 3.27. The van der Waals surface area contributed by atoms with Crippen LogP contribution < -0.4 is 0 Å². The van der Waals surface area contributed by atoms with E-state index in [-0.39, 0.29) is 23.1 Å². The third-order valence-electron chi connectivity index (χ3n) is 6.86. The quantitative estimate of drug-likeness (QED) is 0.435. The molecule has 0 spiro atoms. The number of carbonyl (C=O) groups is 4.